The summed E-state index contributed by atoms with van der Waals surface area (Å²) < 4.78 is 28.7. The van der Waals surface area contributed by atoms with E-state index in [4.69, 9.17) is 11.6 Å². The molecule has 0 saturated carbocycles. The lowest BCUT2D eigenvalue weighted by Crippen LogP contribution is -2.50. The van der Waals surface area contributed by atoms with Crippen molar-refractivity contribution < 1.29 is 13.2 Å². The van der Waals surface area contributed by atoms with Crippen molar-refractivity contribution in [3.05, 3.63) is 77.1 Å². The average Bonchev–Trinajstić information content (AvgIpc) is 3.22. The van der Waals surface area contributed by atoms with Crippen LogP contribution in [0.3, 0.4) is 0 Å². The second-order valence-corrected chi connectivity index (χ2v) is 9.23. The zero-order valence-electron chi connectivity index (χ0n) is 16.1. The molecule has 0 spiro atoms. The molecule has 0 unspecified atom stereocenters. The number of carbonyl (C=O) groups is 1. The lowest BCUT2D eigenvalue weighted by Gasteiger charge is -2.33. The van der Waals surface area contributed by atoms with Gasteiger partial charge in [0.15, 0.2) is 5.69 Å². The van der Waals surface area contributed by atoms with E-state index in [0.717, 1.165) is 5.56 Å². The Labute approximate surface area is 179 Å². The van der Waals surface area contributed by atoms with Crippen LogP contribution < -0.4 is 0 Å². The molecule has 0 radical (unpaired) electrons. The molecule has 0 aliphatic carbocycles. The van der Waals surface area contributed by atoms with Crippen molar-refractivity contribution >= 4 is 27.5 Å². The Balaban J connectivity index is 1.40. The maximum atomic E-state index is 12.8. The number of rotatable bonds is 5. The molecule has 3 aromatic rings. The van der Waals surface area contributed by atoms with Gasteiger partial charge < -0.3 is 4.90 Å². The van der Waals surface area contributed by atoms with Crippen molar-refractivity contribution in [3.63, 3.8) is 0 Å². The lowest BCUT2D eigenvalue weighted by molar-refractivity contribution is 0.0692. The number of sulfonamides is 1. The Hall–Kier alpha value is -2.75. The van der Waals surface area contributed by atoms with Gasteiger partial charge in [-0.05, 0) is 17.7 Å². The third kappa shape index (κ3) is 4.23. The van der Waals surface area contributed by atoms with Gasteiger partial charge in [-0.1, -0.05) is 59.3 Å². The van der Waals surface area contributed by atoms with Crippen molar-refractivity contribution in [3.8, 4) is 0 Å². The van der Waals surface area contributed by atoms with Gasteiger partial charge in [-0.3, -0.25) is 4.79 Å². The summed E-state index contributed by atoms with van der Waals surface area (Å²) in [4.78, 5) is 14.4. The van der Waals surface area contributed by atoms with Gasteiger partial charge in [0.25, 0.3) is 5.91 Å². The van der Waals surface area contributed by atoms with Crippen LogP contribution in [0, 0.1) is 0 Å². The number of halogens is 1. The van der Waals surface area contributed by atoms with Gasteiger partial charge in [-0.25, -0.2) is 13.1 Å². The number of hydrogen-bond donors (Lipinski definition) is 0. The normalized spacial score (nSPS) is 15.3. The molecule has 0 bridgehead atoms. The van der Waals surface area contributed by atoms with Crippen molar-refractivity contribution in [1.82, 2.24) is 24.2 Å². The van der Waals surface area contributed by atoms with Crippen LogP contribution in [-0.2, 0) is 16.6 Å². The van der Waals surface area contributed by atoms with Crippen molar-refractivity contribution in [1.29, 1.82) is 0 Å². The predicted molar refractivity (Wildman–Crippen MR) is 112 cm³/mol. The summed E-state index contributed by atoms with van der Waals surface area (Å²) in [6, 6.07) is 16.1. The quantitative estimate of drug-likeness (QED) is 0.600. The fourth-order valence-corrected chi connectivity index (χ4v) is 5.25. The number of carbonyl (C=O) groups excluding carboxylic acids is 1. The largest absolute Gasteiger partial charge is 0.335 e. The van der Waals surface area contributed by atoms with Crippen LogP contribution >= 0.6 is 11.6 Å². The molecular formula is C20H20ClN5O3S. The predicted octanol–water partition coefficient (Wildman–Crippen LogP) is 2.13. The smallest absolute Gasteiger partial charge is 0.276 e. The Bertz CT molecular complexity index is 1140. The number of aromatic nitrogens is 3. The first-order chi connectivity index (χ1) is 14.4. The highest BCUT2D eigenvalue weighted by molar-refractivity contribution is 7.89. The highest BCUT2D eigenvalue weighted by Gasteiger charge is 2.32. The summed E-state index contributed by atoms with van der Waals surface area (Å²) in [5.74, 6) is -0.260. The molecular weight excluding hydrogens is 426 g/mol. The van der Waals surface area contributed by atoms with Gasteiger partial charge >= 0.3 is 0 Å². The Kier molecular flexibility index (Phi) is 5.85. The molecule has 0 N–H and O–H groups in total. The topological polar surface area (TPSA) is 88.4 Å². The zero-order valence-corrected chi connectivity index (χ0v) is 17.6. The third-order valence-corrected chi connectivity index (χ3v) is 7.32. The molecule has 2 aromatic carbocycles. The Morgan fingerprint density at radius 1 is 0.967 bits per heavy atom. The number of piperazine rings is 1. The molecule has 156 valence electrons. The maximum Gasteiger partial charge on any atom is 0.276 e. The first-order valence-electron chi connectivity index (χ1n) is 9.43. The standard InChI is InChI=1S/C20H20ClN5O3S/c21-17-8-4-5-9-19(17)30(28,29)26-12-10-24(11-13-26)20(27)18-15-25(23-22-18)14-16-6-2-1-3-7-16/h1-9,15H,10-14H2. The van der Waals surface area contributed by atoms with Crippen LogP contribution in [0.25, 0.3) is 0 Å². The van der Waals surface area contributed by atoms with Crippen molar-refractivity contribution in [2.75, 3.05) is 26.2 Å². The number of amides is 1. The minimum atomic E-state index is -3.71. The van der Waals surface area contributed by atoms with Crippen LogP contribution in [0.5, 0.6) is 0 Å². The SMILES string of the molecule is O=C(c1cn(Cc2ccccc2)nn1)N1CCN(S(=O)(=O)c2ccccc2Cl)CC1. The van der Waals surface area contributed by atoms with E-state index in [1.54, 1.807) is 34.0 Å². The zero-order chi connectivity index (χ0) is 21.1. The molecule has 1 aromatic heterocycles. The summed E-state index contributed by atoms with van der Waals surface area (Å²) in [6.07, 6.45) is 1.61. The van der Waals surface area contributed by atoms with E-state index in [1.807, 2.05) is 30.3 Å². The molecule has 1 saturated heterocycles. The lowest BCUT2D eigenvalue weighted by atomic mass is 10.2. The van der Waals surface area contributed by atoms with Gasteiger partial charge in [0, 0.05) is 26.2 Å². The summed E-state index contributed by atoms with van der Waals surface area (Å²) in [6.45, 7) is 1.45. The molecule has 30 heavy (non-hydrogen) atoms. The highest BCUT2D eigenvalue weighted by atomic mass is 35.5. The van der Waals surface area contributed by atoms with Crippen LogP contribution in [0.4, 0.5) is 0 Å². The van der Waals surface area contributed by atoms with Crippen LogP contribution in [0.2, 0.25) is 5.02 Å². The van der Waals surface area contributed by atoms with E-state index in [-0.39, 0.29) is 47.7 Å². The second kappa shape index (κ2) is 8.55. The van der Waals surface area contributed by atoms with E-state index in [0.29, 0.717) is 6.54 Å². The van der Waals surface area contributed by atoms with E-state index in [9.17, 15) is 13.2 Å². The summed E-state index contributed by atoms with van der Waals surface area (Å²) >= 11 is 6.06. The van der Waals surface area contributed by atoms with Gasteiger partial charge in [0.1, 0.15) is 4.90 Å². The molecule has 8 nitrogen and oxygen atoms in total. The number of nitrogens with zero attached hydrogens (tertiary/aromatic N) is 5. The number of benzene rings is 2. The first-order valence-corrected chi connectivity index (χ1v) is 11.2. The third-order valence-electron chi connectivity index (χ3n) is 4.93. The molecule has 1 fully saturated rings. The summed E-state index contributed by atoms with van der Waals surface area (Å²) in [7, 11) is -3.71. The van der Waals surface area contributed by atoms with E-state index in [1.165, 1.54) is 10.4 Å². The molecule has 4 rings (SSSR count). The fourth-order valence-electron chi connectivity index (χ4n) is 3.33. The van der Waals surface area contributed by atoms with Crippen LogP contribution in [-0.4, -0.2) is 64.7 Å². The monoisotopic (exact) mass is 445 g/mol. The van der Waals surface area contributed by atoms with Gasteiger partial charge in [0.2, 0.25) is 10.0 Å². The average molecular weight is 446 g/mol. The van der Waals surface area contributed by atoms with Crippen LogP contribution in [0.15, 0.2) is 65.7 Å². The minimum Gasteiger partial charge on any atom is -0.335 e. The molecule has 10 heteroatoms. The maximum absolute atomic E-state index is 12.8. The minimum absolute atomic E-state index is 0.0790. The highest BCUT2D eigenvalue weighted by Crippen LogP contribution is 2.25. The van der Waals surface area contributed by atoms with Gasteiger partial charge in [-0.15, -0.1) is 5.10 Å². The summed E-state index contributed by atoms with van der Waals surface area (Å²) in [5.41, 5.74) is 1.30. The van der Waals surface area contributed by atoms with Gasteiger partial charge in [0.05, 0.1) is 17.8 Å². The summed E-state index contributed by atoms with van der Waals surface area (Å²) in [5, 5.41) is 8.20. The van der Waals surface area contributed by atoms with Crippen molar-refractivity contribution in [2.45, 2.75) is 11.4 Å². The number of hydrogen-bond acceptors (Lipinski definition) is 5. The second-order valence-electron chi connectivity index (χ2n) is 6.91. The molecule has 1 aliphatic heterocycles. The van der Waals surface area contributed by atoms with E-state index < -0.39 is 10.0 Å². The molecule has 1 amide bonds. The van der Waals surface area contributed by atoms with E-state index >= 15 is 0 Å². The Morgan fingerprint density at radius 2 is 1.63 bits per heavy atom. The molecule has 2 heterocycles. The fraction of sp³-hybridized carbons (Fsp3) is 0.250. The Morgan fingerprint density at radius 3 is 2.33 bits per heavy atom. The van der Waals surface area contributed by atoms with Gasteiger partial charge in [-0.2, -0.15) is 4.31 Å². The first kappa shape index (κ1) is 20.5. The van der Waals surface area contributed by atoms with Crippen LogP contribution in [0.1, 0.15) is 16.1 Å². The van der Waals surface area contributed by atoms with Crippen molar-refractivity contribution in [2.24, 2.45) is 0 Å². The van der Waals surface area contributed by atoms with E-state index in [2.05, 4.69) is 10.3 Å². The molecule has 0 atom stereocenters. The molecule has 1 aliphatic rings.